The summed E-state index contributed by atoms with van der Waals surface area (Å²) in [6.07, 6.45) is 5.40. The third kappa shape index (κ3) is 3.14. The first kappa shape index (κ1) is 12.6. The Balaban J connectivity index is 1.53. The van der Waals surface area contributed by atoms with Crippen LogP contribution in [-0.4, -0.2) is 23.9 Å². The van der Waals surface area contributed by atoms with Gasteiger partial charge in [-0.15, -0.1) is 0 Å². The molecule has 1 aliphatic carbocycles. The molecule has 3 rings (SSSR count). The van der Waals surface area contributed by atoms with Crippen LogP contribution >= 0.6 is 0 Å². The van der Waals surface area contributed by atoms with E-state index >= 15 is 0 Å². The molecule has 1 aromatic rings. The molecule has 0 N–H and O–H groups in total. The number of benzene rings is 1. The minimum atomic E-state index is -0.195. The van der Waals surface area contributed by atoms with Crippen LogP contribution in [0.2, 0.25) is 0 Å². The maximum absolute atomic E-state index is 12.9. The zero-order valence-corrected chi connectivity index (χ0v) is 11.1. The maximum atomic E-state index is 12.9. The molecule has 0 radical (unpaired) electrons. The summed E-state index contributed by atoms with van der Waals surface area (Å²) in [5.41, 5.74) is 1.15. The first-order valence-corrected chi connectivity index (χ1v) is 7.25. The number of likely N-dealkylation sites (tertiary alicyclic amines) is 1. The van der Waals surface area contributed by atoms with Crippen LogP contribution in [0.25, 0.3) is 0 Å². The Morgan fingerprint density at radius 3 is 2.63 bits per heavy atom. The van der Waals surface area contributed by atoms with E-state index in [0.29, 0.717) is 18.2 Å². The zero-order valence-electron chi connectivity index (χ0n) is 11.1. The SMILES string of the molecule is O=C(CCC1CC1)N1CCC(c2ccc(F)cc2)C1. The molecule has 1 saturated carbocycles. The van der Waals surface area contributed by atoms with Crippen molar-refractivity contribution in [2.24, 2.45) is 5.92 Å². The normalized spacial score (nSPS) is 22.8. The van der Waals surface area contributed by atoms with Gasteiger partial charge in [0.15, 0.2) is 0 Å². The van der Waals surface area contributed by atoms with Crippen molar-refractivity contribution < 1.29 is 9.18 Å². The number of nitrogens with zero attached hydrogens (tertiary/aromatic N) is 1. The Morgan fingerprint density at radius 1 is 1.21 bits per heavy atom. The number of hydrogen-bond acceptors (Lipinski definition) is 1. The van der Waals surface area contributed by atoms with Crippen molar-refractivity contribution in [3.8, 4) is 0 Å². The summed E-state index contributed by atoms with van der Waals surface area (Å²) in [6, 6.07) is 6.70. The van der Waals surface area contributed by atoms with Crippen LogP contribution in [-0.2, 0) is 4.79 Å². The predicted octanol–water partition coefficient (Wildman–Crippen LogP) is 3.33. The molecule has 1 saturated heterocycles. The summed E-state index contributed by atoms with van der Waals surface area (Å²) in [7, 11) is 0. The van der Waals surface area contributed by atoms with E-state index < -0.39 is 0 Å². The highest BCUT2D eigenvalue weighted by Gasteiger charge is 2.28. The van der Waals surface area contributed by atoms with Gasteiger partial charge in [0.2, 0.25) is 5.91 Å². The molecule has 1 atom stereocenters. The van der Waals surface area contributed by atoms with Crippen molar-refractivity contribution in [1.29, 1.82) is 0 Å². The van der Waals surface area contributed by atoms with E-state index in [0.717, 1.165) is 37.4 Å². The van der Waals surface area contributed by atoms with Crippen LogP contribution in [0.1, 0.15) is 43.6 Å². The molecule has 0 bridgehead atoms. The van der Waals surface area contributed by atoms with Crippen molar-refractivity contribution in [3.05, 3.63) is 35.6 Å². The quantitative estimate of drug-likeness (QED) is 0.814. The molecule has 0 spiro atoms. The average Bonchev–Trinajstić information content (AvgIpc) is 3.12. The number of amides is 1. The molecule has 2 fully saturated rings. The van der Waals surface area contributed by atoms with Crippen LogP contribution in [0, 0.1) is 11.7 Å². The van der Waals surface area contributed by atoms with Gasteiger partial charge in [-0.05, 0) is 36.5 Å². The fourth-order valence-electron chi connectivity index (χ4n) is 2.89. The highest BCUT2D eigenvalue weighted by molar-refractivity contribution is 5.76. The lowest BCUT2D eigenvalue weighted by atomic mass is 9.99. The monoisotopic (exact) mass is 261 g/mol. The summed E-state index contributed by atoms with van der Waals surface area (Å²) in [5.74, 6) is 1.31. The summed E-state index contributed by atoms with van der Waals surface area (Å²) in [4.78, 5) is 14.1. The molecule has 0 aromatic heterocycles. The van der Waals surface area contributed by atoms with Crippen molar-refractivity contribution in [2.75, 3.05) is 13.1 Å². The first-order valence-electron chi connectivity index (χ1n) is 7.25. The van der Waals surface area contributed by atoms with Crippen LogP contribution < -0.4 is 0 Å². The van der Waals surface area contributed by atoms with Crippen molar-refractivity contribution in [2.45, 2.75) is 38.0 Å². The molecular formula is C16H20FNO. The fourth-order valence-corrected chi connectivity index (χ4v) is 2.89. The van der Waals surface area contributed by atoms with E-state index in [2.05, 4.69) is 0 Å². The molecule has 1 aliphatic heterocycles. The number of carbonyl (C=O) groups excluding carboxylic acids is 1. The standard InChI is InChI=1S/C16H20FNO/c17-15-6-4-13(5-7-15)14-9-10-18(11-14)16(19)8-3-12-1-2-12/h4-7,12,14H,1-3,8-11H2. The van der Waals surface area contributed by atoms with Gasteiger partial charge in [-0.3, -0.25) is 4.79 Å². The number of halogens is 1. The Labute approximate surface area is 113 Å². The van der Waals surface area contributed by atoms with Crippen molar-refractivity contribution in [1.82, 2.24) is 4.90 Å². The molecule has 19 heavy (non-hydrogen) atoms. The maximum Gasteiger partial charge on any atom is 0.222 e. The lowest BCUT2D eigenvalue weighted by Crippen LogP contribution is -2.28. The molecule has 2 nitrogen and oxygen atoms in total. The third-order valence-corrected chi connectivity index (χ3v) is 4.35. The van der Waals surface area contributed by atoms with Crippen molar-refractivity contribution in [3.63, 3.8) is 0 Å². The Bertz CT molecular complexity index is 452. The van der Waals surface area contributed by atoms with E-state index in [1.807, 2.05) is 17.0 Å². The van der Waals surface area contributed by atoms with Gasteiger partial charge in [0.05, 0.1) is 0 Å². The summed E-state index contributed by atoms with van der Waals surface area (Å²) < 4.78 is 12.9. The highest BCUT2D eigenvalue weighted by Crippen LogP contribution is 2.34. The van der Waals surface area contributed by atoms with Gasteiger partial charge in [-0.25, -0.2) is 4.39 Å². The third-order valence-electron chi connectivity index (χ3n) is 4.35. The Kier molecular flexibility index (Phi) is 3.54. The lowest BCUT2D eigenvalue weighted by molar-refractivity contribution is -0.130. The molecule has 2 aliphatic rings. The molecule has 1 heterocycles. The Hall–Kier alpha value is -1.38. The van der Waals surface area contributed by atoms with Gasteiger partial charge in [0, 0.05) is 25.4 Å². The van der Waals surface area contributed by atoms with Crippen LogP contribution in [0.5, 0.6) is 0 Å². The second-order valence-electron chi connectivity index (χ2n) is 5.86. The van der Waals surface area contributed by atoms with Gasteiger partial charge in [-0.1, -0.05) is 25.0 Å². The molecular weight excluding hydrogens is 241 g/mol. The molecule has 3 heteroatoms. The zero-order chi connectivity index (χ0) is 13.2. The Morgan fingerprint density at radius 2 is 1.95 bits per heavy atom. The summed E-state index contributed by atoms with van der Waals surface area (Å²) in [5, 5.41) is 0. The molecule has 102 valence electrons. The van der Waals surface area contributed by atoms with Crippen LogP contribution in [0.4, 0.5) is 4.39 Å². The minimum absolute atomic E-state index is 0.195. The molecule has 1 unspecified atom stereocenters. The first-order chi connectivity index (χ1) is 9.22. The van der Waals surface area contributed by atoms with E-state index in [9.17, 15) is 9.18 Å². The average molecular weight is 261 g/mol. The topological polar surface area (TPSA) is 20.3 Å². The fraction of sp³-hybridized carbons (Fsp3) is 0.562. The number of hydrogen-bond donors (Lipinski definition) is 0. The van der Waals surface area contributed by atoms with Gasteiger partial charge in [0.1, 0.15) is 5.82 Å². The van der Waals surface area contributed by atoms with E-state index in [1.54, 1.807) is 0 Å². The molecule has 1 aromatic carbocycles. The minimum Gasteiger partial charge on any atom is -0.342 e. The van der Waals surface area contributed by atoms with Gasteiger partial charge in [-0.2, -0.15) is 0 Å². The van der Waals surface area contributed by atoms with Crippen molar-refractivity contribution >= 4 is 5.91 Å². The lowest BCUT2D eigenvalue weighted by Gasteiger charge is -2.16. The van der Waals surface area contributed by atoms with Crippen LogP contribution in [0.15, 0.2) is 24.3 Å². The number of rotatable bonds is 4. The second-order valence-corrected chi connectivity index (χ2v) is 5.86. The largest absolute Gasteiger partial charge is 0.342 e. The number of carbonyl (C=O) groups is 1. The van der Waals surface area contributed by atoms with E-state index in [1.165, 1.54) is 25.0 Å². The van der Waals surface area contributed by atoms with E-state index in [-0.39, 0.29) is 5.82 Å². The van der Waals surface area contributed by atoms with Crippen LogP contribution in [0.3, 0.4) is 0 Å². The van der Waals surface area contributed by atoms with Gasteiger partial charge >= 0.3 is 0 Å². The summed E-state index contributed by atoms with van der Waals surface area (Å²) >= 11 is 0. The molecule has 1 amide bonds. The van der Waals surface area contributed by atoms with Gasteiger partial charge < -0.3 is 4.90 Å². The van der Waals surface area contributed by atoms with E-state index in [4.69, 9.17) is 0 Å². The predicted molar refractivity (Wildman–Crippen MR) is 72.3 cm³/mol. The highest BCUT2D eigenvalue weighted by atomic mass is 19.1. The second kappa shape index (κ2) is 5.32. The smallest absolute Gasteiger partial charge is 0.222 e. The summed E-state index contributed by atoms with van der Waals surface area (Å²) in [6.45, 7) is 1.65. The van der Waals surface area contributed by atoms with Gasteiger partial charge in [0.25, 0.3) is 0 Å².